The summed E-state index contributed by atoms with van der Waals surface area (Å²) in [7, 11) is 1.74. The summed E-state index contributed by atoms with van der Waals surface area (Å²) in [5, 5.41) is 3.41. The fourth-order valence-corrected chi connectivity index (χ4v) is 2.32. The van der Waals surface area contributed by atoms with Gasteiger partial charge in [-0.15, -0.1) is 0 Å². The van der Waals surface area contributed by atoms with E-state index >= 15 is 0 Å². The lowest BCUT2D eigenvalue weighted by Crippen LogP contribution is -2.36. The number of ether oxygens (including phenoxy) is 1. The molecule has 1 N–H and O–H groups in total. The van der Waals surface area contributed by atoms with Gasteiger partial charge in [0.1, 0.15) is 0 Å². The first-order valence-electron chi connectivity index (χ1n) is 5.09. The molecule has 0 amide bonds. The van der Waals surface area contributed by atoms with Crippen molar-refractivity contribution in [2.75, 3.05) is 43.6 Å². The summed E-state index contributed by atoms with van der Waals surface area (Å²) in [6.07, 6.45) is 0. The quantitative estimate of drug-likeness (QED) is 0.913. The Morgan fingerprint density at radius 2 is 2.40 bits per heavy atom. The van der Waals surface area contributed by atoms with Gasteiger partial charge in [-0.2, -0.15) is 0 Å². The average molecular weight is 271 g/mol. The molecular formula is C11H15BrN2O. The summed E-state index contributed by atoms with van der Waals surface area (Å²) in [4.78, 5) is 2.35. The molecule has 1 aromatic carbocycles. The molecule has 0 saturated heterocycles. The first-order chi connectivity index (χ1) is 7.33. The molecule has 1 aliphatic rings. The highest BCUT2D eigenvalue weighted by Crippen LogP contribution is 2.35. The lowest BCUT2D eigenvalue weighted by molar-refractivity contribution is 0.205. The van der Waals surface area contributed by atoms with E-state index in [9.17, 15) is 0 Å². The molecule has 1 heterocycles. The SMILES string of the molecule is COCCN1CCNc2c(Br)cccc21. The van der Waals surface area contributed by atoms with Crippen LogP contribution >= 0.6 is 15.9 Å². The molecule has 82 valence electrons. The highest BCUT2D eigenvalue weighted by atomic mass is 79.9. The average Bonchev–Trinajstić information content (AvgIpc) is 2.27. The van der Waals surface area contributed by atoms with Gasteiger partial charge in [0.05, 0.1) is 18.0 Å². The van der Waals surface area contributed by atoms with Gasteiger partial charge in [0.15, 0.2) is 0 Å². The second-order valence-corrected chi connectivity index (χ2v) is 4.39. The van der Waals surface area contributed by atoms with Crippen molar-refractivity contribution in [1.29, 1.82) is 0 Å². The molecule has 2 rings (SSSR count). The maximum absolute atomic E-state index is 5.12. The van der Waals surface area contributed by atoms with E-state index in [1.165, 1.54) is 11.4 Å². The van der Waals surface area contributed by atoms with Gasteiger partial charge < -0.3 is 15.0 Å². The zero-order valence-electron chi connectivity index (χ0n) is 8.79. The number of benzene rings is 1. The fraction of sp³-hybridized carbons (Fsp3) is 0.455. The molecule has 0 bridgehead atoms. The Bertz CT molecular complexity index is 343. The Labute approximate surface area is 98.5 Å². The molecule has 0 saturated carbocycles. The number of methoxy groups -OCH3 is 1. The first kappa shape index (κ1) is 10.8. The van der Waals surface area contributed by atoms with Crippen molar-refractivity contribution < 1.29 is 4.74 Å². The van der Waals surface area contributed by atoms with Gasteiger partial charge >= 0.3 is 0 Å². The van der Waals surface area contributed by atoms with Crippen LogP contribution in [-0.4, -0.2) is 33.4 Å². The van der Waals surface area contributed by atoms with E-state index in [0.717, 1.165) is 30.7 Å². The first-order valence-corrected chi connectivity index (χ1v) is 5.88. The van der Waals surface area contributed by atoms with Crippen LogP contribution in [0.25, 0.3) is 0 Å². The van der Waals surface area contributed by atoms with Crippen LogP contribution in [0.4, 0.5) is 11.4 Å². The zero-order chi connectivity index (χ0) is 10.7. The van der Waals surface area contributed by atoms with Crippen LogP contribution in [0.2, 0.25) is 0 Å². The van der Waals surface area contributed by atoms with Crippen molar-refractivity contribution in [3.05, 3.63) is 22.7 Å². The molecular weight excluding hydrogens is 256 g/mol. The Morgan fingerprint density at radius 1 is 1.53 bits per heavy atom. The van der Waals surface area contributed by atoms with Gasteiger partial charge in [0.25, 0.3) is 0 Å². The number of hydrogen-bond acceptors (Lipinski definition) is 3. The van der Waals surface area contributed by atoms with E-state index in [-0.39, 0.29) is 0 Å². The van der Waals surface area contributed by atoms with Crippen LogP contribution < -0.4 is 10.2 Å². The van der Waals surface area contributed by atoms with E-state index in [1.54, 1.807) is 7.11 Å². The normalized spacial score (nSPS) is 14.7. The Morgan fingerprint density at radius 3 is 3.20 bits per heavy atom. The standard InChI is InChI=1S/C11H15BrN2O/c1-15-8-7-14-6-5-13-11-9(12)3-2-4-10(11)14/h2-4,13H,5-8H2,1H3. The molecule has 1 aliphatic heterocycles. The van der Waals surface area contributed by atoms with Crippen molar-refractivity contribution >= 4 is 27.3 Å². The van der Waals surface area contributed by atoms with E-state index in [1.807, 2.05) is 0 Å². The Kier molecular flexibility index (Phi) is 3.49. The second kappa shape index (κ2) is 4.86. The molecule has 0 unspecified atom stereocenters. The van der Waals surface area contributed by atoms with Crippen molar-refractivity contribution in [3.8, 4) is 0 Å². The Hall–Kier alpha value is -0.740. The van der Waals surface area contributed by atoms with Crippen molar-refractivity contribution in [2.24, 2.45) is 0 Å². The second-order valence-electron chi connectivity index (χ2n) is 3.54. The zero-order valence-corrected chi connectivity index (χ0v) is 10.4. The largest absolute Gasteiger partial charge is 0.383 e. The van der Waals surface area contributed by atoms with Crippen LogP contribution in [0.1, 0.15) is 0 Å². The van der Waals surface area contributed by atoms with Crippen LogP contribution in [0.3, 0.4) is 0 Å². The molecule has 1 aromatic rings. The van der Waals surface area contributed by atoms with Gasteiger partial charge in [-0.05, 0) is 28.1 Å². The third-order valence-electron chi connectivity index (χ3n) is 2.58. The van der Waals surface area contributed by atoms with E-state index in [4.69, 9.17) is 4.74 Å². The maximum atomic E-state index is 5.12. The van der Waals surface area contributed by atoms with Crippen molar-refractivity contribution in [2.45, 2.75) is 0 Å². The number of halogens is 1. The highest BCUT2D eigenvalue weighted by molar-refractivity contribution is 9.10. The number of para-hydroxylation sites is 1. The molecule has 0 radical (unpaired) electrons. The molecule has 0 fully saturated rings. The molecule has 0 atom stereocenters. The smallest absolute Gasteiger partial charge is 0.0723 e. The number of nitrogens with one attached hydrogen (secondary N) is 1. The lowest BCUT2D eigenvalue weighted by Gasteiger charge is -2.32. The summed E-state index contributed by atoms with van der Waals surface area (Å²) in [5.41, 5.74) is 2.45. The van der Waals surface area contributed by atoms with Crippen molar-refractivity contribution in [1.82, 2.24) is 0 Å². The summed E-state index contributed by atoms with van der Waals surface area (Å²) in [5.74, 6) is 0. The minimum Gasteiger partial charge on any atom is -0.383 e. The fourth-order valence-electron chi connectivity index (χ4n) is 1.82. The number of nitrogens with zero attached hydrogens (tertiary/aromatic N) is 1. The summed E-state index contributed by atoms with van der Waals surface area (Å²) < 4.78 is 6.24. The van der Waals surface area contributed by atoms with E-state index in [2.05, 4.69) is 44.3 Å². The summed E-state index contributed by atoms with van der Waals surface area (Å²) in [6, 6.07) is 6.27. The molecule has 3 nitrogen and oxygen atoms in total. The molecule has 4 heteroatoms. The maximum Gasteiger partial charge on any atom is 0.0723 e. The minimum atomic E-state index is 0.770. The molecule has 0 spiro atoms. The number of fused-ring (bicyclic) bond motifs is 1. The summed E-state index contributed by atoms with van der Waals surface area (Å²) in [6.45, 7) is 3.74. The van der Waals surface area contributed by atoms with Crippen LogP contribution in [-0.2, 0) is 4.74 Å². The lowest BCUT2D eigenvalue weighted by atomic mass is 10.2. The predicted octanol–water partition coefficient (Wildman–Crippen LogP) is 2.33. The van der Waals surface area contributed by atoms with Crippen LogP contribution in [0.5, 0.6) is 0 Å². The molecule has 0 aromatic heterocycles. The van der Waals surface area contributed by atoms with Gasteiger partial charge in [0, 0.05) is 31.2 Å². The highest BCUT2D eigenvalue weighted by Gasteiger charge is 2.17. The van der Waals surface area contributed by atoms with Crippen molar-refractivity contribution in [3.63, 3.8) is 0 Å². The molecule has 0 aliphatic carbocycles. The number of anilines is 2. The van der Waals surface area contributed by atoms with Crippen LogP contribution in [0.15, 0.2) is 22.7 Å². The Balaban J connectivity index is 2.22. The number of rotatable bonds is 3. The van der Waals surface area contributed by atoms with Gasteiger partial charge in [0.2, 0.25) is 0 Å². The van der Waals surface area contributed by atoms with Crippen LogP contribution in [0, 0.1) is 0 Å². The molecule has 15 heavy (non-hydrogen) atoms. The van der Waals surface area contributed by atoms with Gasteiger partial charge in [-0.3, -0.25) is 0 Å². The van der Waals surface area contributed by atoms with Gasteiger partial charge in [-0.25, -0.2) is 0 Å². The monoisotopic (exact) mass is 270 g/mol. The predicted molar refractivity (Wildman–Crippen MR) is 66.7 cm³/mol. The topological polar surface area (TPSA) is 24.5 Å². The van der Waals surface area contributed by atoms with Gasteiger partial charge in [-0.1, -0.05) is 6.07 Å². The van der Waals surface area contributed by atoms with E-state index in [0.29, 0.717) is 0 Å². The minimum absolute atomic E-state index is 0.770. The van der Waals surface area contributed by atoms with E-state index < -0.39 is 0 Å². The third kappa shape index (κ3) is 2.26. The summed E-state index contributed by atoms with van der Waals surface area (Å²) >= 11 is 3.56. The third-order valence-corrected chi connectivity index (χ3v) is 3.24. The number of hydrogen-bond donors (Lipinski definition) is 1.